The molecule has 1 heterocycles. The number of hydrogen-bond acceptors (Lipinski definition) is 1. The molecule has 0 spiro atoms. The van der Waals surface area contributed by atoms with Crippen molar-refractivity contribution in [3.05, 3.63) is 30.3 Å². The summed E-state index contributed by atoms with van der Waals surface area (Å²) < 4.78 is 4.31. The molecule has 0 bridgehead atoms. The van der Waals surface area contributed by atoms with Crippen molar-refractivity contribution in [1.29, 1.82) is 0 Å². The van der Waals surface area contributed by atoms with E-state index in [1.54, 1.807) is 3.58 Å². The van der Waals surface area contributed by atoms with E-state index in [1.165, 1.54) is 25.9 Å². The monoisotopic (exact) mass is 267 g/mol. The van der Waals surface area contributed by atoms with Crippen molar-refractivity contribution in [3.8, 4) is 0 Å². The van der Waals surface area contributed by atoms with Gasteiger partial charge in [0.25, 0.3) is 0 Å². The fourth-order valence-electron chi connectivity index (χ4n) is 1.52. The van der Waals surface area contributed by atoms with Gasteiger partial charge in [-0.1, -0.05) is 0 Å². The quantitative estimate of drug-likeness (QED) is 0.722. The van der Waals surface area contributed by atoms with Gasteiger partial charge in [-0.05, 0) is 0 Å². The molecule has 1 aliphatic rings. The van der Waals surface area contributed by atoms with Crippen LogP contribution in [0, 0.1) is 0 Å². The van der Waals surface area contributed by atoms with Crippen LogP contribution >= 0.6 is 0 Å². The van der Waals surface area contributed by atoms with E-state index in [2.05, 4.69) is 33.5 Å². The minimum atomic E-state index is -0.380. The zero-order valence-corrected chi connectivity index (χ0v) is 10.0. The second-order valence-electron chi connectivity index (χ2n) is 3.17. The van der Waals surface area contributed by atoms with Crippen LogP contribution in [0.2, 0.25) is 0 Å². The molecule has 1 aromatic carbocycles. The van der Waals surface area contributed by atoms with Gasteiger partial charge in [0.05, 0.1) is 0 Å². The second-order valence-corrected chi connectivity index (χ2v) is 7.26. The molecule has 1 saturated heterocycles. The van der Waals surface area contributed by atoms with Crippen LogP contribution in [0.1, 0.15) is 12.8 Å². The van der Waals surface area contributed by atoms with Crippen LogP contribution in [0.4, 0.5) is 0 Å². The van der Waals surface area contributed by atoms with E-state index in [9.17, 15) is 0 Å². The van der Waals surface area contributed by atoms with Gasteiger partial charge in [0.1, 0.15) is 0 Å². The van der Waals surface area contributed by atoms with Gasteiger partial charge >= 0.3 is 84.4 Å². The molecule has 1 nitrogen and oxygen atoms in total. The molecule has 0 atom stereocenters. The second kappa shape index (κ2) is 4.28. The summed E-state index contributed by atoms with van der Waals surface area (Å²) in [6, 6.07) is 11.0. The van der Waals surface area contributed by atoms with Crippen LogP contribution in [0.15, 0.2) is 30.3 Å². The first kappa shape index (κ1) is 8.57. The third-order valence-electron chi connectivity index (χ3n) is 2.17. The molecule has 2 heteroatoms. The van der Waals surface area contributed by atoms with Crippen molar-refractivity contribution in [1.82, 2.24) is 3.12 Å². The summed E-state index contributed by atoms with van der Waals surface area (Å²) in [6.45, 7) is 2.72. The van der Waals surface area contributed by atoms with Crippen LogP contribution in [0.5, 0.6) is 0 Å². The summed E-state index contributed by atoms with van der Waals surface area (Å²) in [7, 11) is 0. The Morgan fingerprint density at radius 1 is 1.00 bits per heavy atom. The Labute approximate surface area is 84.3 Å². The molecule has 12 heavy (non-hydrogen) atoms. The molecule has 1 aromatic rings. The average Bonchev–Trinajstić information content (AvgIpc) is 2.59. The molecule has 1 aliphatic heterocycles. The minimum absolute atomic E-state index is 0.380. The van der Waals surface area contributed by atoms with Crippen LogP contribution in [0.25, 0.3) is 0 Å². The first-order valence-corrected chi connectivity index (χ1v) is 7.22. The molecular weight excluding hydrogens is 253 g/mol. The number of nitrogens with zero attached hydrogens (tertiary/aromatic N) is 1. The molecule has 0 unspecified atom stereocenters. The van der Waals surface area contributed by atoms with Gasteiger partial charge in [-0.3, -0.25) is 0 Å². The summed E-state index contributed by atoms with van der Waals surface area (Å²) in [6.07, 6.45) is 2.85. The first-order chi connectivity index (χ1) is 5.95. The molecule has 0 aromatic heterocycles. The Morgan fingerprint density at radius 2 is 1.67 bits per heavy atom. The van der Waals surface area contributed by atoms with E-state index < -0.39 is 0 Å². The van der Waals surface area contributed by atoms with E-state index in [-0.39, 0.29) is 21.4 Å². The van der Waals surface area contributed by atoms with Gasteiger partial charge in [0, 0.05) is 0 Å². The van der Waals surface area contributed by atoms with Crippen molar-refractivity contribution in [3.63, 3.8) is 0 Å². The number of benzene rings is 1. The Balaban J connectivity index is 1.94. The molecule has 62 valence electrons. The van der Waals surface area contributed by atoms with Gasteiger partial charge in [-0.2, -0.15) is 0 Å². The number of rotatable bonds is 2. The predicted octanol–water partition coefficient (Wildman–Crippen LogP) is 1.03. The Kier molecular flexibility index (Phi) is 3.06. The topological polar surface area (TPSA) is 3.24 Å². The Bertz CT molecular complexity index is 229. The van der Waals surface area contributed by atoms with Crippen LogP contribution < -0.4 is 3.58 Å². The maximum absolute atomic E-state index is 2.69. The normalized spacial score (nSPS) is 18.3. The molecule has 1 fully saturated rings. The van der Waals surface area contributed by atoms with Crippen LogP contribution in [-0.4, -0.2) is 37.6 Å². The Hall–Kier alpha value is -0.0213. The first-order valence-electron chi connectivity index (χ1n) is 4.52. The third kappa shape index (κ3) is 2.23. The van der Waals surface area contributed by atoms with Gasteiger partial charge in [0.2, 0.25) is 0 Å². The molecule has 0 saturated carbocycles. The van der Waals surface area contributed by atoms with Gasteiger partial charge in [-0.15, -0.1) is 0 Å². The van der Waals surface area contributed by atoms with Gasteiger partial charge in [0.15, 0.2) is 0 Å². The zero-order chi connectivity index (χ0) is 8.23. The van der Waals surface area contributed by atoms with Gasteiger partial charge < -0.3 is 0 Å². The van der Waals surface area contributed by atoms with E-state index in [0.717, 1.165) is 0 Å². The molecule has 0 aliphatic carbocycles. The van der Waals surface area contributed by atoms with Gasteiger partial charge in [-0.25, -0.2) is 0 Å². The zero-order valence-electron chi connectivity index (χ0n) is 7.16. The molecule has 0 N–H and O–H groups in total. The van der Waals surface area contributed by atoms with Crippen LogP contribution in [0.3, 0.4) is 0 Å². The van der Waals surface area contributed by atoms with Crippen molar-refractivity contribution in [2.45, 2.75) is 12.8 Å². The van der Waals surface area contributed by atoms with Crippen molar-refractivity contribution >= 4 is 25.0 Å². The fourth-order valence-corrected chi connectivity index (χ4v) is 5.08. The van der Waals surface area contributed by atoms with Crippen molar-refractivity contribution < 1.29 is 0 Å². The molecule has 2 rings (SSSR count). The summed E-state index contributed by atoms with van der Waals surface area (Å²) in [5.74, 6) is 0. The van der Waals surface area contributed by atoms with E-state index >= 15 is 0 Å². The molecule has 0 amide bonds. The average molecular weight is 266 g/mol. The van der Waals surface area contributed by atoms with E-state index in [1.807, 2.05) is 0 Å². The molecule has 2 radical (unpaired) electrons. The van der Waals surface area contributed by atoms with Crippen molar-refractivity contribution in [2.75, 3.05) is 13.1 Å². The summed E-state index contributed by atoms with van der Waals surface area (Å²) in [5, 5.41) is 0. The van der Waals surface area contributed by atoms with Crippen LogP contribution in [-0.2, 0) is 0 Å². The van der Waals surface area contributed by atoms with E-state index in [4.69, 9.17) is 0 Å². The SMILES string of the molecule is c1cc[c]([Sn][N]2CCCC2)cc1. The van der Waals surface area contributed by atoms with Crippen molar-refractivity contribution in [2.24, 2.45) is 0 Å². The predicted molar refractivity (Wildman–Crippen MR) is 52.6 cm³/mol. The Morgan fingerprint density at radius 3 is 2.33 bits per heavy atom. The standard InChI is InChI=1S/C6H5.C4H8N.Sn/c1-2-4-6-5-3-1;1-2-4-5-3-1;/h1-5H;1-4H2;/q;-1;+1. The summed E-state index contributed by atoms with van der Waals surface area (Å²) in [5.41, 5.74) is 0. The summed E-state index contributed by atoms with van der Waals surface area (Å²) >= 11 is -0.380. The third-order valence-corrected chi connectivity index (χ3v) is 6.03. The molecular formula is C10H13NSn. The number of hydrogen-bond donors (Lipinski definition) is 0. The summed E-state index contributed by atoms with van der Waals surface area (Å²) in [4.78, 5) is 0. The fraction of sp³-hybridized carbons (Fsp3) is 0.400. The van der Waals surface area contributed by atoms with E-state index in [0.29, 0.717) is 0 Å². The maximum atomic E-state index is 2.69.